The molecule has 7 heteroatoms. The van der Waals surface area contributed by atoms with E-state index in [0.29, 0.717) is 50.7 Å². The van der Waals surface area contributed by atoms with Gasteiger partial charge in [-0.3, -0.25) is 0 Å². The second-order valence-electron chi connectivity index (χ2n) is 8.18. The predicted molar refractivity (Wildman–Crippen MR) is 128 cm³/mol. The maximum Gasteiger partial charge on any atom is 0.209 e. The Morgan fingerprint density at radius 3 is 2.44 bits per heavy atom. The zero-order chi connectivity index (χ0) is 23.3. The number of methoxy groups -OCH3 is 2. The van der Waals surface area contributed by atoms with Crippen LogP contribution in [0.3, 0.4) is 0 Å². The van der Waals surface area contributed by atoms with Crippen LogP contribution in [0.4, 0.5) is 0 Å². The van der Waals surface area contributed by atoms with Crippen LogP contribution in [0.1, 0.15) is 46.1 Å². The number of ether oxygens (including phenoxy) is 5. The van der Waals surface area contributed by atoms with Crippen LogP contribution in [0.25, 0.3) is 0 Å². The van der Waals surface area contributed by atoms with Gasteiger partial charge in [0.1, 0.15) is 12.6 Å². The van der Waals surface area contributed by atoms with Crippen molar-refractivity contribution in [2.75, 3.05) is 47.2 Å². The molecule has 1 heterocycles. The molecule has 0 spiro atoms. The van der Waals surface area contributed by atoms with Crippen LogP contribution in [0.2, 0.25) is 0 Å². The Morgan fingerprint density at radius 1 is 1.00 bits per heavy atom. The average molecular weight is 449 g/mol. The summed E-state index contributed by atoms with van der Waals surface area (Å²) in [6.45, 7) is 11.4. The van der Waals surface area contributed by atoms with Crippen LogP contribution in [0.15, 0.2) is 28.2 Å². The highest BCUT2D eigenvalue weighted by Gasteiger charge is 2.28. The fraction of sp³-hybridized carbons (Fsp3) is 0.680. The lowest BCUT2D eigenvalue weighted by Gasteiger charge is -2.27. The number of aliphatic imine (C=N–C) groups is 2. The minimum Gasteiger partial charge on any atom is -0.493 e. The van der Waals surface area contributed by atoms with Gasteiger partial charge in [0.2, 0.25) is 11.8 Å². The molecule has 180 valence electrons. The van der Waals surface area contributed by atoms with Gasteiger partial charge in [-0.25, -0.2) is 9.98 Å². The molecule has 0 bridgehead atoms. The SMILES string of the molecule is CCOC1=NC(C[C@H](Cc2ccc(OC)c(OCCCOC)c2)C(C)C)C(OCC)=NC1. The molecule has 0 aromatic heterocycles. The summed E-state index contributed by atoms with van der Waals surface area (Å²) in [6.07, 6.45) is 2.59. The standard InChI is InChI=1S/C25H40N2O5/c1-7-30-24-17-26-25(31-8-2)21(27-24)16-20(18(3)4)14-19-10-11-22(29-6)23(15-19)32-13-9-12-28-5/h10-11,15,18,20-21H,7-9,12-14,16-17H2,1-6H3/t20-,21?/m0/s1. The van der Waals surface area contributed by atoms with E-state index in [-0.39, 0.29) is 6.04 Å². The Bertz CT molecular complexity index is 748. The maximum absolute atomic E-state index is 5.97. The largest absolute Gasteiger partial charge is 0.493 e. The second kappa shape index (κ2) is 14.0. The van der Waals surface area contributed by atoms with Gasteiger partial charge in [-0.05, 0) is 56.2 Å². The molecule has 0 N–H and O–H groups in total. The molecule has 32 heavy (non-hydrogen) atoms. The van der Waals surface area contributed by atoms with Gasteiger partial charge in [0, 0.05) is 20.1 Å². The molecule has 1 aliphatic rings. The minimum absolute atomic E-state index is 0.110. The van der Waals surface area contributed by atoms with Gasteiger partial charge < -0.3 is 23.7 Å². The molecular formula is C25H40N2O5. The van der Waals surface area contributed by atoms with Crippen molar-refractivity contribution in [1.82, 2.24) is 0 Å². The lowest BCUT2D eigenvalue weighted by atomic mass is 9.84. The first-order valence-corrected chi connectivity index (χ1v) is 11.7. The lowest BCUT2D eigenvalue weighted by Crippen LogP contribution is -2.33. The van der Waals surface area contributed by atoms with Gasteiger partial charge in [-0.15, -0.1) is 0 Å². The molecule has 1 aliphatic heterocycles. The van der Waals surface area contributed by atoms with Gasteiger partial charge in [-0.1, -0.05) is 19.9 Å². The third kappa shape index (κ3) is 8.01. The topological polar surface area (TPSA) is 70.9 Å². The Labute approximate surface area is 193 Å². The van der Waals surface area contributed by atoms with E-state index < -0.39 is 0 Å². The average Bonchev–Trinajstić information content (AvgIpc) is 2.78. The van der Waals surface area contributed by atoms with E-state index in [1.807, 2.05) is 19.9 Å². The summed E-state index contributed by atoms with van der Waals surface area (Å²) < 4.78 is 28.0. The molecule has 1 aromatic carbocycles. The summed E-state index contributed by atoms with van der Waals surface area (Å²) >= 11 is 0. The molecule has 0 saturated heterocycles. The predicted octanol–water partition coefficient (Wildman–Crippen LogP) is 4.57. The zero-order valence-electron chi connectivity index (χ0n) is 20.6. The van der Waals surface area contributed by atoms with Crippen molar-refractivity contribution in [2.24, 2.45) is 21.8 Å². The van der Waals surface area contributed by atoms with Crippen molar-refractivity contribution in [3.8, 4) is 11.5 Å². The molecule has 1 aromatic rings. The first kappa shape index (κ1) is 26.0. The monoisotopic (exact) mass is 448 g/mol. The molecule has 0 fully saturated rings. The van der Waals surface area contributed by atoms with E-state index >= 15 is 0 Å². The maximum atomic E-state index is 5.97. The minimum atomic E-state index is -0.110. The van der Waals surface area contributed by atoms with Crippen molar-refractivity contribution in [3.05, 3.63) is 23.8 Å². The molecule has 0 aliphatic carbocycles. The van der Waals surface area contributed by atoms with E-state index in [0.717, 1.165) is 36.7 Å². The van der Waals surface area contributed by atoms with Gasteiger partial charge in [0.05, 0.1) is 26.9 Å². The molecule has 2 atom stereocenters. The van der Waals surface area contributed by atoms with Gasteiger partial charge >= 0.3 is 0 Å². The smallest absolute Gasteiger partial charge is 0.209 e. The fourth-order valence-corrected chi connectivity index (χ4v) is 3.74. The van der Waals surface area contributed by atoms with E-state index in [1.54, 1.807) is 14.2 Å². The summed E-state index contributed by atoms with van der Waals surface area (Å²) in [5, 5.41) is 0. The normalized spacial score (nSPS) is 16.9. The van der Waals surface area contributed by atoms with E-state index in [9.17, 15) is 0 Å². The van der Waals surface area contributed by atoms with Gasteiger partial charge in [0.25, 0.3) is 0 Å². The molecule has 0 radical (unpaired) electrons. The number of hydrogen-bond donors (Lipinski definition) is 0. The highest BCUT2D eigenvalue weighted by Crippen LogP contribution is 2.32. The van der Waals surface area contributed by atoms with Crippen molar-refractivity contribution < 1.29 is 23.7 Å². The van der Waals surface area contributed by atoms with Crippen molar-refractivity contribution >= 4 is 11.8 Å². The first-order chi connectivity index (χ1) is 15.5. The highest BCUT2D eigenvalue weighted by atomic mass is 16.5. The van der Waals surface area contributed by atoms with Gasteiger partial charge in [-0.2, -0.15) is 0 Å². The number of nitrogens with zero attached hydrogens (tertiary/aromatic N) is 2. The van der Waals surface area contributed by atoms with E-state index in [1.165, 1.54) is 5.56 Å². The number of rotatable bonds is 13. The molecule has 2 rings (SSSR count). The lowest BCUT2D eigenvalue weighted by molar-refractivity contribution is 0.170. The van der Waals surface area contributed by atoms with Crippen LogP contribution in [-0.4, -0.2) is 65.0 Å². The van der Waals surface area contributed by atoms with Crippen LogP contribution in [0.5, 0.6) is 11.5 Å². The number of hydrogen-bond acceptors (Lipinski definition) is 7. The van der Waals surface area contributed by atoms with Crippen LogP contribution < -0.4 is 9.47 Å². The summed E-state index contributed by atoms with van der Waals surface area (Å²) in [5.74, 6) is 3.80. The Kier molecular flexibility index (Phi) is 11.4. The third-order valence-corrected chi connectivity index (χ3v) is 5.50. The molecular weight excluding hydrogens is 408 g/mol. The van der Waals surface area contributed by atoms with Crippen molar-refractivity contribution in [3.63, 3.8) is 0 Å². The van der Waals surface area contributed by atoms with Crippen molar-refractivity contribution in [1.29, 1.82) is 0 Å². The molecule has 0 amide bonds. The van der Waals surface area contributed by atoms with E-state index in [4.69, 9.17) is 28.7 Å². The van der Waals surface area contributed by atoms with Crippen LogP contribution >= 0.6 is 0 Å². The summed E-state index contributed by atoms with van der Waals surface area (Å²) in [6, 6.07) is 6.08. The Morgan fingerprint density at radius 2 is 1.78 bits per heavy atom. The second-order valence-corrected chi connectivity index (χ2v) is 8.18. The quantitative estimate of drug-likeness (QED) is 0.414. The molecule has 0 saturated carbocycles. The fourth-order valence-electron chi connectivity index (χ4n) is 3.74. The van der Waals surface area contributed by atoms with Crippen molar-refractivity contribution in [2.45, 2.75) is 53.0 Å². The molecule has 1 unspecified atom stereocenters. The van der Waals surface area contributed by atoms with E-state index in [2.05, 4.69) is 31.0 Å². The Balaban J connectivity index is 2.14. The number of benzene rings is 1. The highest BCUT2D eigenvalue weighted by molar-refractivity contribution is 5.91. The summed E-state index contributed by atoms with van der Waals surface area (Å²) in [5.41, 5.74) is 1.21. The first-order valence-electron chi connectivity index (χ1n) is 11.7. The summed E-state index contributed by atoms with van der Waals surface area (Å²) in [7, 11) is 3.36. The summed E-state index contributed by atoms with van der Waals surface area (Å²) in [4.78, 5) is 9.42. The third-order valence-electron chi connectivity index (χ3n) is 5.50. The molecule has 7 nitrogen and oxygen atoms in total. The Hall–Kier alpha value is -2.28. The zero-order valence-corrected chi connectivity index (χ0v) is 20.6. The van der Waals surface area contributed by atoms with Crippen LogP contribution in [0, 0.1) is 11.8 Å². The van der Waals surface area contributed by atoms with Gasteiger partial charge in [0.15, 0.2) is 11.5 Å². The van der Waals surface area contributed by atoms with Crippen LogP contribution in [-0.2, 0) is 20.6 Å².